The first kappa shape index (κ1) is 22.6. The molecule has 0 saturated carbocycles. The van der Waals surface area contributed by atoms with E-state index in [2.05, 4.69) is 15.6 Å². The number of nitrogens with one attached hydrogen (secondary N) is 2. The van der Waals surface area contributed by atoms with E-state index in [-0.39, 0.29) is 0 Å². The first-order valence-corrected chi connectivity index (χ1v) is 11.5. The van der Waals surface area contributed by atoms with Crippen LogP contribution in [-0.2, 0) is 16.0 Å². The van der Waals surface area contributed by atoms with E-state index in [0.717, 1.165) is 17.1 Å². The number of benzene rings is 2. The van der Waals surface area contributed by atoms with Crippen molar-refractivity contribution in [1.82, 2.24) is 10.6 Å². The van der Waals surface area contributed by atoms with Crippen LogP contribution in [-0.4, -0.2) is 64.2 Å². The molecule has 0 bridgehead atoms. The molecule has 170 valence electrons. The van der Waals surface area contributed by atoms with Gasteiger partial charge in [0.2, 0.25) is 0 Å². The van der Waals surface area contributed by atoms with E-state index in [1.807, 2.05) is 61.5 Å². The predicted octanol–water partition coefficient (Wildman–Crippen LogP) is 1.67. The summed E-state index contributed by atoms with van der Waals surface area (Å²) >= 11 is 1.32. The van der Waals surface area contributed by atoms with E-state index in [1.54, 1.807) is 0 Å². The Balaban J connectivity index is 1.26. The molecule has 4 rings (SSSR count). The van der Waals surface area contributed by atoms with Gasteiger partial charge in [-0.25, -0.2) is 0 Å². The summed E-state index contributed by atoms with van der Waals surface area (Å²) in [5, 5.41) is 27.3. The Morgan fingerprint density at radius 2 is 1.81 bits per heavy atom. The Bertz CT molecular complexity index is 940. The van der Waals surface area contributed by atoms with Crippen molar-refractivity contribution in [3.63, 3.8) is 0 Å². The van der Waals surface area contributed by atoms with Gasteiger partial charge in [-0.2, -0.15) is 0 Å². The van der Waals surface area contributed by atoms with Crippen LogP contribution in [0.1, 0.15) is 12.5 Å². The lowest BCUT2D eigenvalue weighted by Gasteiger charge is -2.37. The Morgan fingerprint density at radius 3 is 2.53 bits per heavy atom. The molecule has 2 aliphatic rings. The number of hydrogen-bond donors (Lipinski definition) is 4. The number of nitrogens with zero attached hydrogens (tertiary/aromatic N) is 1. The van der Waals surface area contributed by atoms with Crippen LogP contribution in [0.5, 0.6) is 11.5 Å². The first-order valence-electron chi connectivity index (χ1n) is 10.6. The molecule has 1 amide bonds. The smallest absolute Gasteiger partial charge is 0.252 e. The maximum absolute atomic E-state index is 12.6. The SMILES string of the molecule is CCNC1=N[C@@H]2[C@@H](O)[C@H](O)[C@@H](C(=O)NCCc3ccc(Oc4ccccc4)cc3)O[C@@H]2S1. The molecule has 5 atom stereocenters. The molecule has 8 nitrogen and oxygen atoms in total. The summed E-state index contributed by atoms with van der Waals surface area (Å²) in [6, 6.07) is 16.6. The third-order valence-corrected chi connectivity index (χ3v) is 6.36. The number of amides is 1. The summed E-state index contributed by atoms with van der Waals surface area (Å²) < 4.78 is 11.6. The van der Waals surface area contributed by atoms with Crippen LogP contribution in [0.2, 0.25) is 0 Å². The number of carbonyl (C=O) groups is 1. The van der Waals surface area contributed by atoms with E-state index < -0.39 is 35.7 Å². The summed E-state index contributed by atoms with van der Waals surface area (Å²) in [6.07, 6.45) is -3.03. The molecule has 0 aromatic heterocycles. The number of hydrogen-bond acceptors (Lipinski definition) is 8. The van der Waals surface area contributed by atoms with E-state index in [0.29, 0.717) is 24.7 Å². The zero-order chi connectivity index (χ0) is 22.5. The van der Waals surface area contributed by atoms with Gasteiger partial charge in [0, 0.05) is 13.1 Å². The summed E-state index contributed by atoms with van der Waals surface area (Å²) in [6.45, 7) is 3.01. The number of aliphatic hydroxyl groups excluding tert-OH is 2. The summed E-state index contributed by atoms with van der Waals surface area (Å²) in [7, 11) is 0. The molecule has 2 heterocycles. The van der Waals surface area contributed by atoms with E-state index in [9.17, 15) is 15.0 Å². The summed E-state index contributed by atoms with van der Waals surface area (Å²) in [4.78, 5) is 17.0. The summed E-state index contributed by atoms with van der Waals surface area (Å²) in [5.41, 5.74) is 0.529. The highest BCUT2D eigenvalue weighted by Crippen LogP contribution is 2.35. The largest absolute Gasteiger partial charge is 0.457 e. The second-order valence-corrected chi connectivity index (χ2v) is 8.67. The van der Waals surface area contributed by atoms with Crippen molar-refractivity contribution < 1.29 is 24.5 Å². The third-order valence-electron chi connectivity index (χ3n) is 5.27. The predicted molar refractivity (Wildman–Crippen MR) is 123 cm³/mol. The molecule has 1 saturated heterocycles. The van der Waals surface area contributed by atoms with Crippen molar-refractivity contribution in [2.24, 2.45) is 4.99 Å². The molecule has 0 unspecified atom stereocenters. The average molecular weight is 458 g/mol. The molecule has 9 heteroatoms. The average Bonchev–Trinajstić information content (AvgIpc) is 3.21. The van der Waals surface area contributed by atoms with Crippen LogP contribution < -0.4 is 15.4 Å². The molecule has 0 radical (unpaired) electrons. The molecule has 2 aromatic rings. The Hall–Kier alpha value is -2.59. The number of rotatable bonds is 7. The number of fused-ring (bicyclic) bond motifs is 1. The minimum atomic E-state index is -1.34. The van der Waals surface area contributed by atoms with E-state index in [4.69, 9.17) is 9.47 Å². The van der Waals surface area contributed by atoms with Gasteiger partial charge in [0.1, 0.15) is 35.2 Å². The number of aliphatic hydroxyl groups is 2. The lowest BCUT2D eigenvalue weighted by Crippen LogP contribution is -2.59. The maximum Gasteiger partial charge on any atom is 0.252 e. The molecule has 2 aromatic carbocycles. The van der Waals surface area contributed by atoms with Crippen LogP contribution in [0.15, 0.2) is 59.6 Å². The molecule has 32 heavy (non-hydrogen) atoms. The van der Waals surface area contributed by atoms with Gasteiger partial charge in [0.15, 0.2) is 11.3 Å². The Kier molecular flexibility index (Phi) is 7.31. The van der Waals surface area contributed by atoms with Crippen LogP contribution >= 0.6 is 11.8 Å². The number of thioether (sulfide) groups is 1. The highest BCUT2D eigenvalue weighted by Gasteiger charge is 2.50. The quantitative estimate of drug-likeness (QED) is 0.500. The molecule has 0 aliphatic carbocycles. The van der Waals surface area contributed by atoms with Gasteiger partial charge in [-0.05, 0) is 43.2 Å². The lowest BCUT2D eigenvalue weighted by atomic mass is 9.97. The maximum atomic E-state index is 12.6. The molecular weight excluding hydrogens is 430 g/mol. The highest BCUT2D eigenvalue weighted by molar-refractivity contribution is 8.14. The third kappa shape index (κ3) is 5.24. The van der Waals surface area contributed by atoms with Crippen LogP contribution in [0, 0.1) is 0 Å². The fraction of sp³-hybridized carbons (Fsp3) is 0.391. The number of ether oxygens (including phenoxy) is 2. The number of carbonyl (C=O) groups excluding carboxylic acids is 1. The van der Waals surface area contributed by atoms with Crippen LogP contribution in [0.4, 0.5) is 0 Å². The molecular formula is C23H27N3O5S. The fourth-order valence-corrected chi connectivity index (χ4v) is 4.76. The molecule has 1 fully saturated rings. The van der Waals surface area contributed by atoms with E-state index in [1.165, 1.54) is 11.8 Å². The van der Waals surface area contributed by atoms with Gasteiger partial charge >= 0.3 is 0 Å². The standard InChI is InChI=1S/C23H27N3O5S/c1-2-24-23-26-17-18(27)19(28)20(31-22(17)32-23)21(29)25-13-12-14-8-10-16(11-9-14)30-15-6-4-3-5-7-15/h3-11,17-20,22,27-28H,2,12-13H2,1H3,(H,24,26)(H,25,29)/t17-,18-,19+,20+,22-/m1/s1. The first-order chi connectivity index (χ1) is 15.5. The van der Waals surface area contributed by atoms with Gasteiger partial charge in [-0.15, -0.1) is 0 Å². The number of para-hydroxylation sites is 1. The summed E-state index contributed by atoms with van der Waals surface area (Å²) in [5.74, 6) is 1.06. The second kappa shape index (κ2) is 10.4. The molecule has 2 aliphatic heterocycles. The van der Waals surface area contributed by atoms with Crippen molar-refractivity contribution >= 4 is 22.8 Å². The lowest BCUT2D eigenvalue weighted by molar-refractivity contribution is -0.171. The highest BCUT2D eigenvalue weighted by atomic mass is 32.2. The van der Waals surface area contributed by atoms with Crippen molar-refractivity contribution in [2.45, 2.75) is 43.1 Å². The second-order valence-electron chi connectivity index (χ2n) is 7.58. The normalized spacial score (nSPS) is 26.7. The zero-order valence-electron chi connectivity index (χ0n) is 17.7. The van der Waals surface area contributed by atoms with Crippen molar-refractivity contribution in [1.29, 1.82) is 0 Å². The van der Waals surface area contributed by atoms with Crippen LogP contribution in [0.25, 0.3) is 0 Å². The molecule has 4 N–H and O–H groups in total. The molecule has 0 spiro atoms. The number of aliphatic imine (C=N–C) groups is 1. The number of amidine groups is 1. The van der Waals surface area contributed by atoms with E-state index >= 15 is 0 Å². The van der Waals surface area contributed by atoms with Crippen molar-refractivity contribution in [2.75, 3.05) is 13.1 Å². The monoisotopic (exact) mass is 457 g/mol. The zero-order valence-corrected chi connectivity index (χ0v) is 18.5. The van der Waals surface area contributed by atoms with Crippen molar-refractivity contribution in [3.8, 4) is 11.5 Å². The Labute approximate surface area is 191 Å². The van der Waals surface area contributed by atoms with Gasteiger partial charge in [-0.1, -0.05) is 42.1 Å². The van der Waals surface area contributed by atoms with Gasteiger partial charge in [-0.3, -0.25) is 9.79 Å². The fourth-order valence-electron chi connectivity index (χ4n) is 3.59. The minimum Gasteiger partial charge on any atom is -0.457 e. The topological polar surface area (TPSA) is 112 Å². The van der Waals surface area contributed by atoms with Crippen molar-refractivity contribution in [3.05, 3.63) is 60.2 Å². The van der Waals surface area contributed by atoms with Gasteiger partial charge in [0.25, 0.3) is 5.91 Å². The van der Waals surface area contributed by atoms with Gasteiger partial charge in [0.05, 0.1) is 0 Å². The Morgan fingerprint density at radius 1 is 1.09 bits per heavy atom. The van der Waals surface area contributed by atoms with Crippen LogP contribution in [0.3, 0.4) is 0 Å². The minimum absolute atomic E-state index is 0.376. The van der Waals surface area contributed by atoms with Gasteiger partial charge < -0.3 is 30.3 Å².